The summed E-state index contributed by atoms with van der Waals surface area (Å²) in [5.41, 5.74) is -3.46. The molecule has 2 N–H and O–H groups in total. The first-order valence-electron chi connectivity index (χ1n) is 6.54. The SMILES string of the molecule is CC(CC=CC(C)(O)C(F)(F)F)CCCC(C)(C)O. The van der Waals surface area contributed by atoms with Crippen molar-refractivity contribution in [1.82, 2.24) is 0 Å². The molecule has 0 bridgehead atoms. The Kier molecular flexibility index (Phi) is 6.55. The van der Waals surface area contributed by atoms with Gasteiger partial charge in [0, 0.05) is 0 Å². The van der Waals surface area contributed by atoms with Gasteiger partial charge in [0.15, 0.2) is 5.60 Å². The number of halogens is 3. The van der Waals surface area contributed by atoms with Crippen molar-refractivity contribution >= 4 is 0 Å². The molecule has 0 fully saturated rings. The highest BCUT2D eigenvalue weighted by atomic mass is 19.4. The van der Waals surface area contributed by atoms with Gasteiger partial charge in [-0.25, -0.2) is 0 Å². The second-order valence-electron chi connectivity index (χ2n) is 6.09. The van der Waals surface area contributed by atoms with E-state index in [4.69, 9.17) is 0 Å². The first-order chi connectivity index (χ1) is 8.35. The van der Waals surface area contributed by atoms with Crippen molar-refractivity contribution in [3.8, 4) is 0 Å². The molecule has 0 aliphatic carbocycles. The molecule has 0 aromatic heterocycles. The van der Waals surface area contributed by atoms with Crippen LogP contribution < -0.4 is 0 Å². The van der Waals surface area contributed by atoms with E-state index in [9.17, 15) is 23.4 Å². The lowest BCUT2D eigenvalue weighted by atomic mass is 9.94. The zero-order chi connectivity index (χ0) is 15.3. The Morgan fingerprint density at radius 1 is 1.11 bits per heavy atom. The maximum absolute atomic E-state index is 12.4. The Bertz CT molecular complexity index is 288. The lowest BCUT2D eigenvalue weighted by Crippen LogP contribution is -2.39. The van der Waals surface area contributed by atoms with Gasteiger partial charge >= 0.3 is 6.18 Å². The molecule has 0 spiro atoms. The van der Waals surface area contributed by atoms with E-state index in [1.807, 2.05) is 6.92 Å². The van der Waals surface area contributed by atoms with Crippen LogP contribution in [0.3, 0.4) is 0 Å². The molecular formula is C14H25F3O2. The molecule has 2 atom stereocenters. The molecule has 2 nitrogen and oxygen atoms in total. The van der Waals surface area contributed by atoms with Crippen molar-refractivity contribution in [2.45, 2.75) is 70.8 Å². The molecule has 0 rings (SSSR count). The van der Waals surface area contributed by atoms with Crippen molar-refractivity contribution in [1.29, 1.82) is 0 Å². The molecule has 114 valence electrons. The summed E-state index contributed by atoms with van der Waals surface area (Å²) in [5, 5.41) is 18.7. The molecule has 0 amide bonds. The second-order valence-corrected chi connectivity index (χ2v) is 6.09. The third kappa shape index (κ3) is 8.26. The fraction of sp³-hybridized carbons (Fsp3) is 0.857. The minimum Gasteiger partial charge on any atom is -0.390 e. The summed E-state index contributed by atoms with van der Waals surface area (Å²) in [7, 11) is 0. The molecule has 2 unspecified atom stereocenters. The van der Waals surface area contributed by atoms with Crippen LogP contribution in [0, 0.1) is 5.92 Å². The van der Waals surface area contributed by atoms with Gasteiger partial charge in [-0.05, 0) is 45.6 Å². The molecule has 0 heterocycles. The molecule has 0 saturated carbocycles. The van der Waals surface area contributed by atoms with Crippen LogP contribution in [0.1, 0.15) is 53.4 Å². The van der Waals surface area contributed by atoms with E-state index in [0.717, 1.165) is 25.8 Å². The number of allylic oxidation sites excluding steroid dienone is 1. The molecule has 5 heteroatoms. The molecule has 0 saturated heterocycles. The summed E-state index contributed by atoms with van der Waals surface area (Å²) >= 11 is 0. The molecule has 0 aromatic rings. The number of hydrogen-bond acceptors (Lipinski definition) is 2. The standard InChI is InChI=1S/C14H25F3O2/c1-11(7-5-9-12(2,3)18)8-6-10-13(4,19)14(15,16)17/h6,10-11,18-19H,5,7-9H2,1-4H3. The number of rotatable bonds is 7. The predicted molar refractivity (Wildman–Crippen MR) is 69.7 cm³/mol. The van der Waals surface area contributed by atoms with Crippen molar-refractivity contribution < 1.29 is 23.4 Å². The molecule has 0 aliphatic rings. The van der Waals surface area contributed by atoms with Crippen LogP contribution in [0.4, 0.5) is 13.2 Å². The lowest BCUT2D eigenvalue weighted by Gasteiger charge is -2.22. The van der Waals surface area contributed by atoms with E-state index in [2.05, 4.69) is 0 Å². The monoisotopic (exact) mass is 282 g/mol. The van der Waals surface area contributed by atoms with Gasteiger partial charge in [0.25, 0.3) is 0 Å². The quantitative estimate of drug-likeness (QED) is 0.697. The van der Waals surface area contributed by atoms with E-state index >= 15 is 0 Å². The number of alkyl halides is 3. The van der Waals surface area contributed by atoms with E-state index in [1.54, 1.807) is 13.8 Å². The molecule has 0 aromatic carbocycles. The highest BCUT2D eigenvalue weighted by Crippen LogP contribution is 2.31. The first-order valence-corrected chi connectivity index (χ1v) is 6.54. The lowest BCUT2D eigenvalue weighted by molar-refractivity contribution is -0.232. The van der Waals surface area contributed by atoms with Crippen LogP contribution in [0.15, 0.2) is 12.2 Å². The fourth-order valence-corrected chi connectivity index (χ4v) is 1.63. The Labute approximate surface area is 113 Å². The van der Waals surface area contributed by atoms with E-state index in [-0.39, 0.29) is 5.92 Å². The average molecular weight is 282 g/mol. The number of hydrogen-bond donors (Lipinski definition) is 2. The summed E-state index contributed by atoms with van der Waals surface area (Å²) in [6.07, 6.45) is 0.353. The third-order valence-electron chi connectivity index (χ3n) is 3.04. The third-order valence-corrected chi connectivity index (χ3v) is 3.04. The van der Waals surface area contributed by atoms with Gasteiger partial charge < -0.3 is 10.2 Å². The Balaban J connectivity index is 4.07. The largest absolute Gasteiger partial charge is 0.420 e. The average Bonchev–Trinajstić information content (AvgIpc) is 2.13. The normalized spacial score (nSPS) is 18.6. The van der Waals surface area contributed by atoms with Crippen LogP contribution >= 0.6 is 0 Å². The zero-order valence-electron chi connectivity index (χ0n) is 12.1. The summed E-state index contributed by atoms with van der Waals surface area (Å²) in [4.78, 5) is 0. The van der Waals surface area contributed by atoms with Gasteiger partial charge in [-0.1, -0.05) is 25.8 Å². The van der Waals surface area contributed by atoms with Crippen LogP contribution in [0.5, 0.6) is 0 Å². The van der Waals surface area contributed by atoms with Crippen molar-refractivity contribution in [3.63, 3.8) is 0 Å². The molecule has 0 aliphatic heterocycles. The fourth-order valence-electron chi connectivity index (χ4n) is 1.63. The maximum Gasteiger partial charge on any atom is 0.420 e. The Morgan fingerprint density at radius 3 is 2.05 bits per heavy atom. The smallest absolute Gasteiger partial charge is 0.390 e. The minimum atomic E-state index is -4.65. The molecular weight excluding hydrogens is 257 g/mol. The highest BCUT2D eigenvalue weighted by Gasteiger charge is 2.47. The molecule has 0 radical (unpaired) electrons. The van der Waals surface area contributed by atoms with Gasteiger partial charge in [-0.2, -0.15) is 13.2 Å². The summed E-state index contributed by atoms with van der Waals surface area (Å²) in [6, 6.07) is 0. The van der Waals surface area contributed by atoms with Crippen molar-refractivity contribution in [2.24, 2.45) is 5.92 Å². The van der Waals surface area contributed by atoms with Gasteiger partial charge in [0.1, 0.15) is 0 Å². The summed E-state index contributed by atoms with van der Waals surface area (Å²) < 4.78 is 37.1. The zero-order valence-corrected chi connectivity index (χ0v) is 12.1. The number of aliphatic hydroxyl groups is 2. The van der Waals surface area contributed by atoms with Gasteiger partial charge in [0.05, 0.1) is 5.60 Å². The molecule has 19 heavy (non-hydrogen) atoms. The van der Waals surface area contributed by atoms with Gasteiger partial charge in [-0.15, -0.1) is 0 Å². The van der Waals surface area contributed by atoms with Crippen molar-refractivity contribution in [2.75, 3.05) is 0 Å². The topological polar surface area (TPSA) is 40.5 Å². The van der Waals surface area contributed by atoms with Gasteiger partial charge in [0.2, 0.25) is 0 Å². The van der Waals surface area contributed by atoms with Crippen molar-refractivity contribution in [3.05, 3.63) is 12.2 Å². The van der Waals surface area contributed by atoms with Crippen LogP contribution in [-0.4, -0.2) is 27.6 Å². The second kappa shape index (κ2) is 6.75. The summed E-state index contributed by atoms with van der Waals surface area (Å²) in [5.74, 6) is 0.225. The Hall–Kier alpha value is -0.550. The van der Waals surface area contributed by atoms with Gasteiger partial charge in [-0.3, -0.25) is 0 Å². The van der Waals surface area contributed by atoms with E-state index in [0.29, 0.717) is 12.8 Å². The van der Waals surface area contributed by atoms with Crippen LogP contribution in [-0.2, 0) is 0 Å². The highest BCUT2D eigenvalue weighted by molar-refractivity contribution is 5.03. The minimum absolute atomic E-state index is 0.225. The predicted octanol–water partition coefficient (Wildman–Crippen LogP) is 3.82. The van der Waals surface area contributed by atoms with E-state index in [1.165, 1.54) is 6.08 Å². The van der Waals surface area contributed by atoms with Crippen LogP contribution in [0.2, 0.25) is 0 Å². The van der Waals surface area contributed by atoms with Crippen LogP contribution in [0.25, 0.3) is 0 Å². The first kappa shape index (κ1) is 18.4. The van der Waals surface area contributed by atoms with E-state index < -0.39 is 17.4 Å². The Morgan fingerprint density at radius 2 is 1.63 bits per heavy atom. The summed E-state index contributed by atoms with van der Waals surface area (Å²) in [6.45, 7) is 6.15. The maximum atomic E-state index is 12.4.